The van der Waals surface area contributed by atoms with Gasteiger partial charge in [0.15, 0.2) is 5.75 Å². The van der Waals surface area contributed by atoms with Gasteiger partial charge in [-0.3, -0.25) is 0 Å². The fourth-order valence-corrected chi connectivity index (χ4v) is 4.34. The molecule has 20 heteroatoms. The summed E-state index contributed by atoms with van der Waals surface area (Å²) in [6.07, 6.45) is 0. The summed E-state index contributed by atoms with van der Waals surface area (Å²) in [6.45, 7) is 1.65. The molecule has 0 atom stereocenters. The van der Waals surface area contributed by atoms with Gasteiger partial charge in [-0.05, 0) is 55.5 Å². The molecule has 0 aliphatic rings. The molecule has 4 aromatic rings. The van der Waals surface area contributed by atoms with Gasteiger partial charge in [-0.15, -0.1) is 20.5 Å². The number of azo groups is 2. The Balaban J connectivity index is 0.00000506. The normalized spacial score (nSPS) is 10.8. The van der Waals surface area contributed by atoms with Gasteiger partial charge in [-0.2, -0.15) is 0 Å². The van der Waals surface area contributed by atoms with Crippen LogP contribution in [0.5, 0.6) is 5.75 Å². The fraction of sp³-hybridized carbons (Fsp3) is 0.0385. The van der Waals surface area contributed by atoms with Crippen LogP contribution in [0, 0.1) is 6.92 Å². The Hall–Kier alpha value is -1.74. The number of anilines is 1. The third-order valence-corrected chi connectivity index (χ3v) is 6.69. The molecule has 0 spiro atoms. The van der Waals surface area contributed by atoms with E-state index >= 15 is 0 Å². The van der Waals surface area contributed by atoms with Crippen molar-refractivity contribution in [3.63, 3.8) is 0 Å². The Kier molecular flexibility index (Phi) is 17.5. The Morgan fingerprint density at radius 1 is 0.674 bits per heavy atom. The summed E-state index contributed by atoms with van der Waals surface area (Å²) in [5.41, 5.74) is 3.28. The molecule has 15 nitrogen and oxygen atoms in total. The molecule has 0 heterocycles. The van der Waals surface area contributed by atoms with Crippen LogP contribution in [0.15, 0.2) is 79.9 Å². The number of carbonyl (C=O) groups excluding carboxylic acids is 3. The number of phenols is 1. The van der Waals surface area contributed by atoms with Gasteiger partial charge >= 0.3 is 118 Å². The summed E-state index contributed by atoms with van der Waals surface area (Å²) < 4.78 is 33.7. The number of hydrogen-bond donors (Lipinski definition) is 2. The summed E-state index contributed by atoms with van der Waals surface area (Å²) in [4.78, 5) is 34.1. The van der Waals surface area contributed by atoms with E-state index < -0.39 is 61.2 Å². The van der Waals surface area contributed by atoms with E-state index in [0.717, 1.165) is 18.2 Å². The van der Waals surface area contributed by atoms with Gasteiger partial charge in [0.1, 0.15) is 21.5 Å². The Labute approximate surface area is 349 Å². The van der Waals surface area contributed by atoms with Crippen LogP contribution in [-0.2, 0) is 10.1 Å². The van der Waals surface area contributed by atoms with Crippen molar-refractivity contribution in [2.24, 2.45) is 20.5 Å². The van der Waals surface area contributed by atoms with E-state index in [1.165, 1.54) is 24.3 Å². The van der Waals surface area contributed by atoms with E-state index in [-0.39, 0.29) is 152 Å². The Morgan fingerprint density at radius 3 is 1.70 bits per heavy atom. The molecule has 0 aliphatic heterocycles. The van der Waals surface area contributed by atoms with E-state index in [2.05, 4.69) is 20.5 Å². The number of carboxylic acids is 3. The number of aromatic hydroxyl groups is 1. The summed E-state index contributed by atoms with van der Waals surface area (Å²) >= 11 is 0. The van der Waals surface area contributed by atoms with Gasteiger partial charge in [0.05, 0.1) is 39.9 Å². The minimum Gasteiger partial charge on any atom is -0.744 e. The monoisotopic (exact) mass is 681 g/mol. The van der Waals surface area contributed by atoms with Crippen molar-refractivity contribution in [1.29, 1.82) is 0 Å². The van der Waals surface area contributed by atoms with Crippen molar-refractivity contribution in [2.45, 2.75) is 11.8 Å². The van der Waals surface area contributed by atoms with Crippen LogP contribution in [0.1, 0.15) is 36.6 Å². The van der Waals surface area contributed by atoms with Crippen LogP contribution in [0.25, 0.3) is 10.8 Å². The summed E-state index contributed by atoms with van der Waals surface area (Å²) in [5.74, 6) is -6.06. The van der Waals surface area contributed by atoms with Gasteiger partial charge in [0.2, 0.25) is 0 Å². The third kappa shape index (κ3) is 9.90. The maximum atomic E-state index is 12.0. The Morgan fingerprint density at radius 2 is 1.17 bits per heavy atom. The van der Waals surface area contributed by atoms with Crippen molar-refractivity contribution in [1.82, 2.24) is 0 Å². The van der Waals surface area contributed by atoms with Gasteiger partial charge in [0.25, 0.3) is 0 Å². The van der Waals surface area contributed by atoms with Gasteiger partial charge in [-0.25, -0.2) is 8.42 Å². The van der Waals surface area contributed by atoms with Gasteiger partial charge < -0.3 is 45.1 Å². The summed E-state index contributed by atoms with van der Waals surface area (Å²) in [5, 5.41) is 61.0. The second-order valence-electron chi connectivity index (χ2n) is 8.64. The quantitative estimate of drug-likeness (QED) is 0.0762. The largest absolute Gasteiger partial charge is 1.00 e. The molecule has 0 saturated carbocycles. The van der Waals surface area contributed by atoms with Crippen molar-refractivity contribution in [2.75, 3.05) is 5.73 Å². The van der Waals surface area contributed by atoms with Crippen LogP contribution in [0.3, 0.4) is 0 Å². The second-order valence-corrected chi connectivity index (χ2v) is 10.0. The van der Waals surface area contributed by atoms with Crippen LogP contribution < -0.4 is 139 Å². The van der Waals surface area contributed by atoms with Crippen molar-refractivity contribution in [3.05, 3.63) is 76.9 Å². The molecule has 46 heavy (non-hydrogen) atoms. The number of carboxylic acid groups (broad SMARTS) is 3. The number of carbonyl (C=O) groups is 3. The standard InChI is InChI=1S/C26H19N5O10S.4Na/c1-11-2-6-19(15(8-11)24(33)34)28-30-21-14-10-17(26(37)38)22(23(32)13(14)4-5-18(21)27)31-29-20-7-3-12(42(39,40)41)9-16(20)25(35)36;;;;/h2-10,32H,27H2,1H3,(H,33,34)(H,35,36)(H,37,38)(H,39,40,41);;;;/q;4*+1/p-4. The smallest absolute Gasteiger partial charge is 0.744 e. The van der Waals surface area contributed by atoms with Gasteiger partial charge in [-0.1, -0.05) is 11.6 Å². The van der Waals surface area contributed by atoms with Crippen LogP contribution in [0.4, 0.5) is 28.4 Å². The number of aromatic carboxylic acids is 3. The van der Waals surface area contributed by atoms with E-state index in [1.807, 2.05) is 0 Å². The molecule has 4 rings (SSSR count). The number of phenolic OH excluding ortho intramolecular Hbond substituents is 1. The minimum atomic E-state index is -5.03. The maximum Gasteiger partial charge on any atom is 1.00 e. The van der Waals surface area contributed by atoms with E-state index in [9.17, 15) is 47.8 Å². The van der Waals surface area contributed by atoms with Crippen LogP contribution >= 0.6 is 0 Å². The molecule has 214 valence electrons. The third-order valence-electron chi connectivity index (χ3n) is 5.86. The number of aryl methyl sites for hydroxylation is 1. The van der Waals surface area contributed by atoms with Crippen LogP contribution in [-0.4, -0.2) is 36.0 Å². The summed E-state index contributed by atoms with van der Waals surface area (Å²) in [6, 6.07) is 9.88. The first-order valence-corrected chi connectivity index (χ1v) is 12.9. The molecule has 0 fully saturated rings. The van der Waals surface area contributed by atoms with Gasteiger partial charge in [0, 0.05) is 27.5 Å². The first-order valence-electron chi connectivity index (χ1n) is 11.4. The molecule has 0 bridgehead atoms. The zero-order chi connectivity index (χ0) is 30.9. The molecule has 0 amide bonds. The number of rotatable bonds is 8. The molecule has 0 aliphatic carbocycles. The zero-order valence-corrected chi connectivity index (χ0v) is 33.9. The minimum absolute atomic E-state index is 0. The molecule has 3 N–H and O–H groups in total. The molecule has 4 aromatic carbocycles. The van der Waals surface area contributed by atoms with E-state index in [4.69, 9.17) is 5.73 Å². The first-order chi connectivity index (χ1) is 19.7. The number of nitrogens with two attached hydrogens (primary N) is 1. The Bertz CT molecular complexity index is 2010. The number of benzene rings is 4. The average molecular weight is 681 g/mol. The molecular formula is C26H15N5Na4O10S. The molecule has 0 radical (unpaired) electrons. The first kappa shape index (κ1) is 44.3. The predicted octanol–water partition coefficient (Wildman–Crippen LogP) is -10.7. The maximum absolute atomic E-state index is 12.0. The predicted molar refractivity (Wildman–Crippen MR) is 137 cm³/mol. The second kappa shape index (κ2) is 18.1. The SMILES string of the molecule is Cc1ccc(N=Nc2c(N)ccc3c(O)c(N=Nc4ccc(S(=O)(=O)[O-])cc4C(=O)[O-])c(C(=O)[O-])cc23)c(C(=O)[O-])c1.[Na+].[Na+].[Na+].[Na+]. The van der Waals surface area contributed by atoms with Crippen molar-refractivity contribution >= 4 is 67.2 Å². The number of nitrogens with zero attached hydrogens (tertiary/aromatic N) is 4. The molecule has 0 saturated heterocycles. The van der Waals surface area contributed by atoms with Crippen molar-refractivity contribution < 1.29 is 166 Å². The number of nitrogen functional groups attached to an aromatic ring is 1. The molecular weight excluding hydrogens is 666 g/mol. The summed E-state index contributed by atoms with van der Waals surface area (Å²) in [7, 11) is -5.03. The molecule has 0 unspecified atom stereocenters. The van der Waals surface area contributed by atoms with E-state index in [1.54, 1.807) is 13.0 Å². The number of fused-ring (bicyclic) bond motifs is 1. The van der Waals surface area contributed by atoms with E-state index in [0.29, 0.717) is 11.6 Å². The zero-order valence-electron chi connectivity index (χ0n) is 25.1. The average Bonchev–Trinajstić information content (AvgIpc) is 2.91. The fourth-order valence-electron chi connectivity index (χ4n) is 3.84. The number of hydrogen-bond acceptors (Lipinski definition) is 15. The van der Waals surface area contributed by atoms with Crippen molar-refractivity contribution in [3.8, 4) is 5.75 Å². The topological polar surface area (TPSA) is 273 Å². The van der Waals surface area contributed by atoms with Crippen LogP contribution in [0.2, 0.25) is 0 Å². The molecule has 0 aromatic heterocycles.